The first-order valence-corrected chi connectivity index (χ1v) is 10.4. The van der Waals surface area contributed by atoms with E-state index in [9.17, 15) is 9.90 Å². The smallest absolute Gasteiger partial charge is 0.549 e. The molecule has 1 rings (SSSR count). The summed E-state index contributed by atoms with van der Waals surface area (Å²) in [6.45, 7) is 2.27. The van der Waals surface area contributed by atoms with Crippen molar-refractivity contribution in [2.45, 2.75) is 109 Å². The fraction of sp³-hybridized carbons (Fsp3) is 0.950. The minimum atomic E-state index is -1.12. The molecule has 24 heavy (non-hydrogen) atoms. The van der Waals surface area contributed by atoms with Gasteiger partial charge in [-0.15, -0.1) is 11.6 Å². The Hall–Kier alpha value is 0.760. The van der Waals surface area contributed by atoms with Crippen molar-refractivity contribution in [1.29, 1.82) is 0 Å². The van der Waals surface area contributed by atoms with Crippen molar-refractivity contribution in [1.82, 2.24) is 0 Å². The number of rotatable bonds is 14. The number of unbranched alkanes of at least 4 members (excludes halogenated alkanes) is 7. The molecule has 0 aliphatic heterocycles. The summed E-state index contributed by atoms with van der Waals surface area (Å²) in [7, 11) is 0. The number of alkyl halides is 1. The number of hydrogen-bond acceptors (Lipinski definition) is 2. The van der Waals surface area contributed by atoms with Gasteiger partial charge in [0.1, 0.15) is 0 Å². The number of aliphatic carboxylic acids is 1. The topological polar surface area (TPSA) is 40.1 Å². The van der Waals surface area contributed by atoms with Crippen molar-refractivity contribution in [2.24, 2.45) is 11.8 Å². The maximum Gasteiger partial charge on any atom is 1.00 e. The van der Waals surface area contributed by atoms with Crippen LogP contribution >= 0.6 is 11.6 Å². The molecule has 0 spiro atoms. The Morgan fingerprint density at radius 3 is 2.00 bits per heavy atom. The maximum absolute atomic E-state index is 10.6. The number of carboxylic acids is 1. The van der Waals surface area contributed by atoms with Crippen LogP contribution in [0.25, 0.3) is 0 Å². The zero-order valence-corrected chi connectivity index (χ0v) is 18.8. The molecule has 0 radical (unpaired) electrons. The number of halogens is 1. The second kappa shape index (κ2) is 16.0. The van der Waals surface area contributed by atoms with Gasteiger partial charge in [0.05, 0.1) is 11.3 Å². The van der Waals surface area contributed by atoms with Crippen molar-refractivity contribution < 1.29 is 39.5 Å². The van der Waals surface area contributed by atoms with E-state index in [1.807, 2.05) is 0 Å². The number of carbonyl (C=O) groups is 1. The van der Waals surface area contributed by atoms with Crippen molar-refractivity contribution >= 4 is 17.6 Å². The van der Waals surface area contributed by atoms with Crippen LogP contribution in [0, 0.1) is 11.8 Å². The minimum absolute atomic E-state index is 0. The first kappa shape index (κ1) is 24.8. The van der Waals surface area contributed by atoms with Gasteiger partial charge in [-0.05, 0) is 18.3 Å². The van der Waals surface area contributed by atoms with Crippen LogP contribution in [0.15, 0.2) is 0 Å². The molecule has 0 heterocycles. The summed E-state index contributed by atoms with van der Waals surface area (Å²) < 4.78 is 0. The van der Waals surface area contributed by atoms with Crippen LogP contribution in [0.1, 0.15) is 103 Å². The van der Waals surface area contributed by atoms with Gasteiger partial charge in [-0.3, -0.25) is 0 Å². The molecule has 1 aliphatic carbocycles. The van der Waals surface area contributed by atoms with Gasteiger partial charge >= 0.3 is 29.6 Å². The van der Waals surface area contributed by atoms with E-state index >= 15 is 0 Å². The average Bonchev–Trinajstić information content (AvgIpc) is 2.97. The largest absolute Gasteiger partial charge is 1.00 e. The van der Waals surface area contributed by atoms with Gasteiger partial charge in [0.15, 0.2) is 0 Å². The minimum Gasteiger partial charge on any atom is -0.549 e. The molecule has 1 unspecified atom stereocenters. The summed E-state index contributed by atoms with van der Waals surface area (Å²) in [5, 5.41) is 9.75. The van der Waals surface area contributed by atoms with E-state index in [-0.39, 0.29) is 29.6 Å². The standard InChI is InChI=1S/C20H37ClO2.Na/c1-2-3-4-5-6-8-12-17-14-11-15-18(17)13-9-7-10-16-19(21)20(22)23;/h17-19H,2-16H2,1H3,(H,22,23);/q;+1/p-1/t17-,18-,19?;/m0./s1. The SMILES string of the molecule is CCCCCCCC[C@H]1CCC[C@@H]1CCCCCC(Cl)C(=O)[O-].[Na+]. The third-order valence-corrected chi connectivity index (χ3v) is 5.93. The van der Waals surface area contributed by atoms with Crippen LogP contribution in [0.3, 0.4) is 0 Å². The van der Waals surface area contributed by atoms with E-state index in [0.29, 0.717) is 6.42 Å². The molecule has 0 aromatic heterocycles. The van der Waals surface area contributed by atoms with Crippen LogP contribution in [0.5, 0.6) is 0 Å². The van der Waals surface area contributed by atoms with E-state index in [1.165, 1.54) is 77.0 Å². The van der Waals surface area contributed by atoms with Crippen LogP contribution in [0.2, 0.25) is 0 Å². The molecular weight excluding hydrogens is 331 g/mol. The quantitative estimate of drug-likeness (QED) is 0.269. The zero-order chi connectivity index (χ0) is 16.9. The third-order valence-electron chi connectivity index (χ3n) is 5.53. The van der Waals surface area contributed by atoms with Gasteiger partial charge in [0.25, 0.3) is 0 Å². The molecule has 2 nitrogen and oxygen atoms in total. The molecule has 1 aliphatic rings. The van der Waals surface area contributed by atoms with Gasteiger partial charge in [-0.25, -0.2) is 0 Å². The fourth-order valence-electron chi connectivity index (χ4n) is 4.09. The van der Waals surface area contributed by atoms with Crippen molar-refractivity contribution in [2.75, 3.05) is 0 Å². The van der Waals surface area contributed by atoms with Crippen molar-refractivity contribution in [3.63, 3.8) is 0 Å². The number of carbonyl (C=O) groups excluding carboxylic acids is 1. The molecule has 0 bridgehead atoms. The van der Waals surface area contributed by atoms with Gasteiger partial charge in [-0.1, -0.05) is 96.8 Å². The summed E-state index contributed by atoms with van der Waals surface area (Å²) in [5.41, 5.74) is 0. The summed E-state index contributed by atoms with van der Waals surface area (Å²) >= 11 is 5.69. The Morgan fingerprint density at radius 2 is 1.46 bits per heavy atom. The Labute approximate surface area is 176 Å². The van der Waals surface area contributed by atoms with E-state index in [2.05, 4.69) is 6.92 Å². The van der Waals surface area contributed by atoms with Crippen LogP contribution in [-0.4, -0.2) is 11.3 Å². The molecule has 3 atom stereocenters. The molecule has 0 aromatic carbocycles. The fourth-order valence-corrected chi connectivity index (χ4v) is 4.24. The average molecular weight is 367 g/mol. The Morgan fingerprint density at radius 1 is 0.958 bits per heavy atom. The predicted molar refractivity (Wildman–Crippen MR) is 96.6 cm³/mol. The van der Waals surface area contributed by atoms with E-state index < -0.39 is 11.3 Å². The predicted octanol–water partition coefficient (Wildman–Crippen LogP) is 2.47. The van der Waals surface area contributed by atoms with E-state index in [0.717, 1.165) is 24.7 Å². The number of carboxylic acid groups (broad SMARTS) is 1. The molecule has 0 saturated heterocycles. The van der Waals surface area contributed by atoms with Crippen LogP contribution in [0.4, 0.5) is 0 Å². The number of hydrogen-bond donors (Lipinski definition) is 0. The molecule has 136 valence electrons. The Balaban J connectivity index is 0.00000529. The van der Waals surface area contributed by atoms with Gasteiger partial charge < -0.3 is 9.90 Å². The Bertz CT molecular complexity index is 312. The summed E-state index contributed by atoms with van der Waals surface area (Å²) in [6, 6.07) is 0. The molecule has 0 amide bonds. The second-order valence-corrected chi connectivity index (χ2v) is 7.96. The molecule has 0 N–H and O–H groups in total. The van der Waals surface area contributed by atoms with Gasteiger partial charge in [-0.2, -0.15) is 0 Å². The molecule has 1 saturated carbocycles. The molecule has 1 fully saturated rings. The van der Waals surface area contributed by atoms with E-state index in [4.69, 9.17) is 11.6 Å². The first-order valence-electron chi connectivity index (χ1n) is 10.00. The van der Waals surface area contributed by atoms with Gasteiger partial charge in [0.2, 0.25) is 0 Å². The summed E-state index contributed by atoms with van der Waals surface area (Å²) in [6.07, 6.45) is 19.2. The summed E-state index contributed by atoms with van der Waals surface area (Å²) in [4.78, 5) is 10.6. The van der Waals surface area contributed by atoms with E-state index in [1.54, 1.807) is 0 Å². The molecular formula is C20H36ClNaO2. The second-order valence-electron chi connectivity index (χ2n) is 7.43. The van der Waals surface area contributed by atoms with Crippen molar-refractivity contribution in [3.8, 4) is 0 Å². The first-order chi connectivity index (χ1) is 11.1. The van der Waals surface area contributed by atoms with Gasteiger partial charge in [0, 0.05) is 0 Å². The normalized spacial score (nSPS) is 21.4. The van der Waals surface area contributed by atoms with Crippen LogP contribution < -0.4 is 34.7 Å². The molecule has 4 heteroatoms. The Kier molecular flexibility index (Phi) is 16.5. The maximum atomic E-state index is 10.6. The molecule has 0 aromatic rings. The summed E-state index contributed by atoms with van der Waals surface area (Å²) in [5.74, 6) is 0.769. The monoisotopic (exact) mass is 366 g/mol. The van der Waals surface area contributed by atoms with Crippen LogP contribution in [-0.2, 0) is 4.79 Å². The van der Waals surface area contributed by atoms with Crippen molar-refractivity contribution in [3.05, 3.63) is 0 Å². The zero-order valence-electron chi connectivity index (χ0n) is 16.0. The third kappa shape index (κ3) is 11.4.